The Kier molecular flexibility index (Phi) is 6.24. The van der Waals surface area contributed by atoms with Crippen LogP contribution in [0.25, 0.3) is 5.69 Å². The van der Waals surface area contributed by atoms with Crippen LogP contribution >= 0.6 is 0 Å². The molecule has 0 radical (unpaired) electrons. The zero-order valence-electron chi connectivity index (χ0n) is 17.3. The van der Waals surface area contributed by atoms with E-state index in [0.29, 0.717) is 38.0 Å². The van der Waals surface area contributed by atoms with E-state index in [4.69, 9.17) is 9.47 Å². The quantitative estimate of drug-likeness (QED) is 0.583. The number of nitriles is 1. The van der Waals surface area contributed by atoms with Crippen molar-refractivity contribution in [1.82, 2.24) is 14.8 Å². The molecule has 1 aliphatic heterocycles. The van der Waals surface area contributed by atoms with E-state index in [1.165, 1.54) is 0 Å². The number of para-hydroxylation sites is 1. The van der Waals surface area contributed by atoms with Crippen LogP contribution in [-0.2, 0) is 9.53 Å². The first kappa shape index (κ1) is 20.6. The highest BCUT2D eigenvalue weighted by Crippen LogP contribution is 2.26. The number of rotatable bonds is 7. The molecule has 2 heterocycles. The molecule has 0 unspecified atom stereocenters. The molecule has 0 amide bonds. The third kappa shape index (κ3) is 4.57. The van der Waals surface area contributed by atoms with Crippen molar-refractivity contribution < 1.29 is 14.3 Å². The summed E-state index contributed by atoms with van der Waals surface area (Å²) in [5, 5.41) is 18.4. The molecule has 0 saturated carbocycles. The summed E-state index contributed by atoms with van der Waals surface area (Å²) in [4.78, 5) is 15.0. The summed E-state index contributed by atoms with van der Waals surface area (Å²) in [6.07, 6.45) is 0. The first-order valence-electron chi connectivity index (χ1n) is 10.1. The van der Waals surface area contributed by atoms with Crippen molar-refractivity contribution in [2.45, 2.75) is 12.8 Å². The molecule has 1 saturated heterocycles. The second-order valence-corrected chi connectivity index (χ2v) is 7.26. The Balaban J connectivity index is 1.63. The highest BCUT2D eigenvalue weighted by Gasteiger charge is 2.30. The SMILES string of the molecule is Cc1ccc(OCC(=O)[C@@H](C#N)c2nnc(N3CCOCC3)n2-c2ccccc2)cc1. The van der Waals surface area contributed by atoms with Gasteiger partial charge in [0.1, 0.15) is 12.4 Å². The van der Waals surface area contributed by atoms with E-state index in [9.17, 15) is 10.1 Å². The second-order valence-electron chi connectivity index (χ2n) is 7.26. The van der Waals surface area contributed by atoms with Crippen LogP contribution in [0.3, 0.4) is 0 Å². The van der Waals surface area contributed by atoms with Crippen LogP contribution in [0.4, 0.5) is 5.95 Å². The van der Waals surface area contributed by atoms with Crippen LogP contribution in [0.2, 0.25) is 0 Å². The Morgan fingerprint density at radius 3 is 2.52 bits per heavy atom. The van der Waals surface area contributed by atoms with E-state index in [1.54, 1.807) is 16.7 Å². The van der Waals surface area contributed by atoms with Gasteiger partial charge in [-0.2, -0.15) is 5.26 Å². The van der Waals surface area contributed by atoms with Crippen LogP contribution in [0.1, 0.15) is 17.3 Å². The fourth-order valence-electron chi connectivity index (χ4n) is 3.41. The Labute approximate surface area is 180 Å². The molecule has 0 spiro atoms. The number of carbonyl (C=O) groups excluding carboxylic acids is 1. The van der Waals surface area contributed by atoms with Gasteiger partial charge in [-0.15, -0.1) is 10.2 Å². The summed E-state index contributed by atoms with van der Waals surface area (Å²) in [6, 6.07) is 19.0. The van der Waals surface area contributed by atoms with E-state index >= 15 is 0 Å². The standard InChI is InChI=1S/C23H23N5O3/c1-17-7-9-19(10-8-17)31-16-21(29)20(15-24)22-25-26-23(27-11-13-30-14-12-27)28(22)18-5-3-2-4-6-18/h2-10,20H,11-14,16H2,1H3/t20-/m1/s1. The van der Waals surface area contributed by atoms with E-state index < -0.39 is 5.92 Å². The Morgan fingerprint density at radius 2 is 1.84 bits per heavy atom. The molecule has 158 valence electrons. The van der Waals surface area contributed by atoms with Gasteiger partial charge in [0.05, 0.1) is 25.0 Å². The van der Waals surface area contributed by atoms with Gasteiger partial charge in [-0.3, -0.25) is 9.36 Å². The number of Topliss-reactive ketones (excluding diaryl/α,β-unsaturated/α-hetero) is 1. The number of hydrogen-bond acceptors (Lipinski definition) is 7. The number of aryl methyl sites for hydroxylation is 1. The van der Waals surface area contributed by atoms with Crippen molar-refractivity contribution in [3.63, 3.8) is 0 Å². The lowest BCUT2D eigenvalue weighted by molar-refractivity contribution is -0.121. The smallest absolute Gasteiger partial charge is 0.232 e. The average molecular weight is 417 g/mol. The largest absolute Gasteiger partial charge is 0.486 e. The molecule has 1 aromatic heterocycles. The van der Waals surface area contributed by atoms with Crippen LogP contribution in [0, 0.1) is 18.3 Å². The molecule has 0 N–H and O–H groups in total. The fraction of sp³-hybridized carbons (Fsp3) is 0.304. The maximum Gasteiger partial charge on any atom is 0.232 e. The van der Waals surface area contributed by atoms with Gasteiger partial charge < -0.3 is 14.4 Å². The summed E-state index contributed by atoms with van der Waals surface area (Å²) < 4.78 is 12.8. The Morgan fingerprint density at radius 1 is 1.13 bits per heavy atom. The molecule has 1 fully saturated rings. The maximum absolute atomic E-state index is 12.9. The van der Waals surface area contributed by atoms with E-state index in [2.05, 4.69) is 21.2 Å². The highest BCUT2D eigenvalue weighted by molar-refractivity contribution is 5.89. The second kappa shape index (κ2) is 9.41. The Hall–Kier alpha value is -3.70. The number of benzene rings is 2. The van der Waals surface area contributed by atoms with Gasteiger partial charge in [-0.25, -0.2) is 0 Å². The molecule has 3 aromatic rings. The molecular weight excluding hydrogens is 394 g/mol. The molecule has 4 rings (SSSR count). The third-order valence-electron chi connectivity index (χ3n) is 5.09. The van der Waals surface area contributed by atoms with Gasteiger partial charge in [-0.05, 0) is 31.2 Å². The van der Waals surface area contributed by atoms with Crippen LogP contribution in [0.5, 0.6) is 5.75 Å². The Bertz CT molecular complexity index is 1070. The van der Waals surface area contributed by atoms with E-state index in [0.717, 1.165) is 11.3 Å². The number of ketones is 1. The molecule has 0 bridgehead atoms. The van der Waals surface area contributed by atoms with E-state index in [1.807, 2.05) is 49.4 Å². The minimum absolute atomic E-state index is 0.226. The number of carbonyl (C=O) groups is 1. The number of ether oxygens (including phenoxy) is 2. The van der Waals surface area contributed by atoms with E-state index in [-0.39, 0.29) is 18.2 Å². The zero-order chi connectivity index (χ0) is 21.6. The first-order chi connectivity index (χ1) is 15.2. The first-order valence-corrected chi connectivity index (χ1v) is 10.1. The number of anilines is 1. The molecule has 8 heteroatoms. The molecule has 0 aliphatic carbocycles. The average Bonchev–Trinajstić information content (AvgIpc) is 3.25. The maximum atomic E-state index is 12.9. The lowest BCUT2D eigenvalue weighted by Gasteiger charge is -2.28. The molecule has 8 nitrogen and oxygen atoms in total. The predicted octanol–water partition coefficient (Wildman–Crippen LogP) is 2.67. The molecular formula is C23H23N5O3. The van der Waals surface area contributed by atoms with Crippen molar-refractivity contribution in [2.75, 3.05) is 37.8 Å². The molecule has 1 atom stereocenters. The topological polar surface area (TPSA) is 93.3 Å². The van der Waals surface area contributed by atoms with Crippen LogP contribution in [0.15, 0.2) is 54.6 Å². The normalized spacial score (nSPS) is 14.6. The summed E-state index contributed by atoms with van der Waals surface area (Å²) >= 11 is 0. The van der Waals surface area contributed by atoms with Gasteiger partial charge in [0, 0.05) is 13.1 Å². The number of aromatic nitrogens is 3. The van der Waals surface area contributed by atoms with Crippen molar-refractivity contribution in [3.05, 3.63) is 66.0 Å². The van der Waals surface area contributed by atoms with Crippen molar-refractivity contribution in [3.8, 4) is 17.5 Å². The fourth-order valence-corrected chi connectivity index (χ4v) is 3.41. The highest BCUT2D eigenvalue weighted by atomic mass is 16.5. The lowest BCUT2D eigenvalue weighted by atomic mass is 10.1. The minimum atomic E-state index is -1.10. The van der Waals surface area contributed by atoms with Gasteiger partial charge in [-0.1, -0.05) is 35.9 Å². The van der Waals surface area contributed by atoms with Gasteiger partial charge in [0.25, 0.3) is 0 Å². The minimum Gasteiger partial charge on any atom is -0.486 e. The lowest BCUT2D eigenvalue weighted by Crippen LogP contribution is -2.38. The zero-order valence-corrected chi connectivity index (χ0v) is 17.3. The van der Waals surface area contributed by atoms with Crippen LogP contribution in [-0.4, -0.2) is 53.5 Å². The molecule has 1 aliphatic rings. The van der Waals surface area contributed by atoms with Crippen LogP contribution < -0.4 is 9.64 Å². The van der Waals surface area contributed by atoms with Crippen molar-refractivity contribution in [1.29, 1.82) is 5.26 Å². The monoisotopic (exact) mass is 417 g/mol. The number of nitrogens with zero attached hydrogens (tertiary/aromatic N) is 5. The molecule has 2 aromatic carbocycles. The summed E-state index contributed by atoms with van der Waals surface area (Å²) in [5.74, 6) is -0.0204. The number of hydrogen-bond donors (Lipinski definition) is 0. The third-order valence-corrected chi connectivity index (χ3v) is 5.09. The molecule has 31 heavy (non-hydrogen) atoms. The summed E-state index contributed by atoms with van der Waals surface area (Å²) in [6.45, 7) is 4.24. The van der Waals surface area contributed by atoms with Gasteiger partial charge in [0.15, 0.2) is 17.5 Å². The predicted molar refractivity (Wildman–Crippen MR) is 114 cm³/mol. The van der Waals surface area contributed by atoms with Crippen molar-refractivity contribution in [2.24, 2.45) is 0 Å². The summed E-state index contributed by atoms with van der Waals surface area (Å²) in [7, 11) is 0. The van der Waals surface area contributed by atoms with Gasteiger partial charge >= 0.3 is 0 Å². The van der Waals surface area contributed by atoms with Gasteiger partial charge in [0.2, 0.25) is 5.95 Å². The van der Waals surface area contributed by atoms with Crippen molar-refractivity contribution >= 4 is 11.7 Å². The summed E-state index contributed by atoms with van der Waals surface area (Å²) in [5.41, 5.74) is 1.89. The number of morpholine rings is 1.